The highest BCUT2D eigenvalue weighted by molar-refractivity contribution is 5.94. The van der Waals surface area contributed by atoms with E-state index in [-0.39, 0.29) is 23.8 Å². The molecule has 6 aliphatic rings. The Hall–Kier alpha value is -6.04. The second-order valence-corrected chi connectivity index (χ2v) is 22.0. The lowest BCUT2D eigenvalue weighted by molar-refractivity contribution is -0.136. The van der Waals surface area contributed by atoms with Crippen molar-refractivity contribution in [1.29, 1.82) is 0 Å². The molecule has 6 fully saturated rings. The summed E-state index contributed by atoms with van der Waals surface area (Å²) in [5.41, 5.74) is 10.1. The van der Waals surface area contributed by atoms with Crippen LogP contribution < -0.4 is 15.1 Å². The number of carbonyl (C=O) groups excluding carboxylic acids is 2. The van der Waals surface area contributed by atoms with Crippen molar-refractivity contribution in [3.8, 4) is 11.4 Å². The van der Waals surface area contributed by atoms with Crippen molar-refractivity contribution in [3.63, 3.8) is 0 Å². The van der Waals surface area contributed by atoms with Gasteiger partial charge in [0.15, 0.2) is 11.6 Å². The minimum atomic E-state index is -0.0277. The number of morpholine rings is 1. The Morgan fingerprint density at radius 2 is 1.17 bits per heavy atom. The first-order chi connectivity index (χ1) is 35.0. The van der Waals surface area contributed by atoms with Crippen LogP contribution >= 0.6 is 0 Å². The van der Waals surface area contributed by atoms with E-state index in [2.05, 4.69) is 116 Å². The van der Waals surface area contributed by atoms with Gasteiger partial charge in [-0.05, 0) is 109 Å². The summed E-state index contributed by atoms with van der Waals surface area (Å²) in [6.45, 7) is 22.1. The number of anilines is 2. The normalized spacial score (nSPS) is 23.6. The number of piperidine rings is 2. The first-order valence-electron chi connectivity index (χ1n) is 26.8. The van der Waals surface area contributed by atoms with E-state index < -0.39 is 0 Å². The average Bonchev–Trinajstić information content (AvgIpc) is 4.26. The highest BCUT2D eigenvalue weighted by Crippen LogP contribution is 2.39. The summed E-state index contributed by atoms with van der Waals surface area (Å²) in [5, 5.41) is 35.5. The van der Waals surface area contributed by atoms with Crippen LogP contribution in [0, 0.1) is 64.2 Å². The van der Waals surface area contributed by atoms with E-state index >= 15 is 0 Å². The van der Waals surface area contributed by atoms with E-state index in [0.717, 1.165) is 198 Å². The smallest absolute Gasteiger partial charge is 0.225 e. The number of hydrogen-bond acceptors (Lipinski definition) is 13. The molecule has 6 saturated heterocycles. The number of amides is 2. The van der Waals surface area contributed by atoms with Gasteiger partial charge in [0, 0.05) is 103 Å². The number of likely N-dealkylation sites (tertiary alicyclic amines) is 2. The fourth-order valence-corrected chi connectivity index (χ4v) is 13.1. The summed E-state index contributed by atoms with van der Waals surface area (Å²) in [5.74, 6) is 3.45. The number of nitrogens with one attached hydrogen (secondary N) is 1. The van der Waals surface area contributed by atoms with Crippen molar-refractivity contribution in [1.82, 2.24) is 60.0 Å². The van der Waals surface area contributed by atoms with Crippen molar-refractivity contribution >= 4 is 45.3 Å². The molecule has 17 nitrogen and oxygen atoms in total. The van der Waals surface area contributed by atoms with E-state index in [1.165, 1.54) is 11.1 Å². The van der Waals surface area contributed by atoms with Crippen molar-refractivity contribution in [3.05, 3.63) is 82.4 Å². The third-order valence-corrected chi connectivity index (χ3v) is 17.3. The minimum Gasteiger partial charge on any atom is -0.379 e. The number of rotatable bonds is 10. The average molecular weight is 975 g/mol. The van der Waals surface area contributed by atoms with Crippen LogP contribution in [-0.4, -0.2) is 164 Å². The van der Waals surface area contributed by atoms with Crippen LogP contribution in [0.15, 0.2) is 48.5 Å². The number of aryl methyl sites for hydroxylation is 5. The number of nitrogens with zero attached hydrogens (tertiary/aromatic N) is 13. The molecule has 4 aromatic heterocycles. The Morgan fingerprint density at radius 1 is 0.611 bits per heavy atom. The molecular formula is C55H70N14O3. The van der Waals surface area contributed by atoms with Gasteiger partial charge in [0.05, 0.1) is 58.1 Å². The zero-order chi connectivity index (χ0) is 49.2. The molecule has 12 rings (SSSR count). The molecule has 2 aromatic carbocycles. The van der Waals surface area contributed by atoms with Gasteiger partial charge in [0.2, 0.25) is 11.8 Å². The number of benzene rings is 2. The van der Waals surface area contributed by atoms with Gasteiger partial charge in [0.25, 0.3) is 0 Å². The number of fused-ring (bicyclic) bond motifs is 3. The summed E-state index contributed by atoms with van der Waals surface area (Å²) >= 11 is 0. The quantitative estimate of drug-likeness (QED) is 0.187. The largest absolute Gasteiger partial charge is 0.379 e. The highest BCUT2D eigenvalue weighted by Gasteiger charge is 2.46. The van der Waals surface area contributed by atoms with Gasteiger partial charge in [-0.1, -0.05) is 35.4 Å². The van der Waals surface area contributed by atoms with Crippen LogP contribution in [0.2, 0.25) is 0 Å². The Kier molecular flexibility index (Phi) is 12.7. The third kappa shape index (κ3) is 8.78. The van der Waals surface area contributed by atoms with Crippen LogP contribution in [0.25, 0.3) is 33.2 Å². The van der Waals surface area contributed by atoms with Crippen LogP contribution in [0.3, 0.4) is 0 Å². The molecule has 2 amide bonds. The second kappa shape index (κ2) is 19.4. The first-order valence-corrected chi connectivity index (χ1v) is 26.8. The first kappa shape index (κ1) is 47.0. The van der Waals surface area contributed by atoms with E-state index in [9.17, 15) is 9.59 Å². The summed E-state index contributed by atoms with van der Waals surface area (Å²) in [6.07, 6.45) is 4.96. The molecule has 0 spiro atoms. The predicted octanol–water partition coefficient (Wildman–Crippen LogP) is 5.39. The third-order valence-electron chi connectivity index (χ3n) is 17.3. The Labute approximate surface area is 422 Å². The number of ether oxygens (including phenoxy) is 1. The maximum Gasteiger partial charge on any atom is 0.225 e. The number of carbonyl (C=O) groups is 2. The molecule has 6 aromatic rings. The van der Waals surface area contributed by atoms with Gasteiger partial charge in [-0.15, -0.1) is 10.2 Å². The van der Waals surface area contributed by atoms with Gasteiger partial charge in [-0.3, -0.25) is 14.5 Å². The lowest BCUT2D eigenvalue weighted by Crippen LogP contribution is -2.43. The Morgan fingerprint density at radius 3 is 1.79 bits per heavy atom. The van der Waals surface area contributed by atoms with Crippen LogP contribution in [0.4, 0.5) is 11.6 Å². The van der Waals surface area contributed by atoms with Crippen molar-refractivity contribution in [2.45, 2.75) is 79.2 Å². The number of aromatic nitrogens is 8. The van der Waals surface area contributed by atoms with E-state index in [1.54, 1.807) is 0 Å². The maximum atomic E-state index is 14.4. The Bertz CT molecular complexity index is 2970. The molecule has 0 radical (unpaired) electrons. The monoisotopic (exact) mass is 975 g/mol. The standard InChI is InChI=1S/C55H70N14O3/c1-34-6-10-43(11-7-34)68-38(5)48-36(3)57-59-52(50(48)61-68)64-22-17-41(18-23-64)55(71)67-32-42-29-56-46(45(42)33-67)28-47-49-37(4)58-60-53(51(49)62-69(47)44-12-8-35(2)9-13-44)65-20-15-40(16-21-65)54(70)66-19-14-39(31-66)30-63-24-26-72-27-25-63/h6-13,39-42,45-46,56H,14-33H2,1-5H3. The van der Waals surface area contributed by atoms with E-state index in [4.69, 9.17) is 30.2 Å². The summed E-state index contributed by atoms with van der Waals surface area (Å²) in [4.78, 5) is 39.7. The highest BCUT2D eigenvalue weighted by atomic mass is 16.5. The predicted molar refractivity (Wildman–Crippen MR) is 278 cm³/mol. The molecule has 0 saturated carbocycles. The molecule has 4 atom stereocenters. The van der Waals surface area contributed by atoms with Gasteiger partial charge >= 0.3 is 0 Å². The topological polar surface area (TPSA) is 159 Å². The molecule has 10 heterocycles. The van der Waals surface area contributed by atoms with E-state index in [0.29, 0.717) is 23.7 Å². The molecule has 4 unspecified atom stereocenters. The van der Waals surface area contributed by atoms with Crippen LogP contribution in [0.1, 0.15) is 66.0 Å². The van der Waals surface area contributed by atoms with Crippen molar-refractivity contribution < 1.29 is 14.3 Å². The lowest BCUT2D eigenvalue weighted by Gasteiger charge is -2.34. The Balaban J connectivity index is 0.722. The van der Waals surface area contributed by atoms with Crippen molar-refractivity contribution in [2.75, 3.05) is 102 Å². The SMILES string of the molecule is Cc1ccc(-n2nc3c(N4CCC(C(=O)N5CC6CNC(Cc7c8c(C)nnc(N9CCC(C(=O)N%10CCC(CN%11CCOCC%11)C%10)CC9)c8nn7-c7ccc(C)cc7)C6C5)CC4)nnc(C)c3c2C)cc1. The molecule has 1 N–H and O–H groups in total. The zero-order valence-corrected chi connectivity index (χ0v) is 42.8. The summed E-state index contributed by atoms with van der Waals surface area (Å²) in [6, 6.07) is 17.2. The fourth-order valence-electron chi connectivity index (χ4n) is 13.1. The van der Waals surface area contributed by atoms with Crippen LogP contribution in [0.5, 0.6) is 0 Å². The molecule has 72 heavy (non-hydrogen) atoms. The molecule has 0 bridgehead atoms. The van der Waals surface area contributed by atoms with E-state index in [1.807, 2.05) is 11.6 Å². The molecule has 6 aliphatic heterocycles. The molecular weight excluding hydrogens is 905 g/mol. The van der Waals surface area contributed by atoms with Gasteiger partial charge < -0.3 is 29.7 Å². The summed E-state index contributed by atoms with van der Waals surface area (Å²) in [7, 11) is 0. The minimum absolute atomic E-state index is 0.0237. The summed E-state index contributed by atoms with van der Waals surface area (Å²) < 4.78 is 9.69. The van der Waals surface area contributed by atoms with Gasteiger partial charge in [-0.25, -0.2) is 9.36 Å². The maximum absolute atomic E-state index is 14.4. The lowest BCUT2D eigenvalue weighted by atomic mass is 9.91. The fraction of sp³-hybridized carbons (Fsp3) is 0.564. The number of hydrogen-bond donors (Lipinski definition) is 1. The van der Waals surface area contributed by atoms with Crippen molar-refractivity contribution in [2.24, 2.45) is 29.6 Å². The second-order valence-electron chi connectivity index (χ2n) is 22.0. The van der Waals surface area contributed by atoms with Gasteiger partial charge in [-0.2, -0.15) is 20.4 Å². The van der Waals surface area contributed by atoms with Gasteiger partial charge in [0.1, 0.15) is 11.0 Å². The molecule has 0 aliphatic carbocycles. The van der Waals surface area contributed by atoms with Crippen LogP contribution in [-0.2, 0) is 20.7 Å². The molecule has 378 valence electrons. The zero-order valence-electron chi connectivity index (χ0n) is 42.8. The molecule has 17 heteroatoms.